The number of hydrogen-bond donors (Lipinski definition) is 2. The Hall–Kier alpha value is -1.35. The lowest BCUT2D eigenvalue weighted by atomic mass is 9.95. The van der Waals surface area contributed by atoms with Crippen LogP contribution in [-0.2, 0) is 4.79 Å². The van der Waals surface area contributed by atoms with Gasteiger partial charge in [-0.1, -0.05) is 24.3 Å². The first-order valence-electron chi connectivity index (χ1n) is 4.15. The molecule has 0 spiro atoms. The molecule has 3 heteroatoms. The lowest BCUT2D eigenvalue weighted by Crippen LogP contribution is -2.21. The van der Waals surface area contributed by atoms with E-state index in [1.54, 1.807) is 6.07 Å². The number of benzene rings is 1. The minimum absolute atomic E-state index is 0.139. The van der Waals surface area contributed by atoms with E-state index in [9.17, 15) is 4.79 Å². The van der Waals surface area contributed by atoms with E-state index in [0.29, 0.717) is 0 Å². The summed E-state index contributed by atoms with van der Waals surface area (Å²) in [6.45, 7) is 2.03. The molecule has 0 radical (unpaired) electrons. The highest BCUT2D eigenvalue weighted by Gasteiger charge is 2.18. The lowest BCUT2D eigenvalue weighted by Gasteiger charge is -2.12. The molecule has 0 aliphatic heterocycles. The van der Waals surface area contributed by atoms with Crippen molar-refractivity contribution in [1.82, 2.24) is 0 Å². The maximum absolute atomic E-state index is 10.8. The fraction of sp³-hybridized carbons (Fsp3) is 0.300. The fourth-order valence-corrected chi connectivity index (χ4v) is 1.34. The van der Waals surface area contributed by atoms with E-state index in [2.05, 4.69) is 0 Å². The summed E-state index contributed by atoms with van der Waals surface area (Å²) < 4.78 is 0. The SMILES string of the molecule is Cc1ccccc1C(CN)C(=O)O. The molecule has 1 aromatic rings. The molecule has 0 saturated carbocycles. The van der Waals surface area contributed by atoms with Crippen LogP contribution in [0.5, 0.6) is 0 Å². The van der Waals surface area contributed by atoms with E-state index in [1.165, 1.54) is 0 Å². The van der Waals surface area contributed by atoms with Crippen LogP contribution in [0.25, 0.3) is 0 Å². The van der Waals surface area contributed by atoms with Gasteiger partial charge in [0, 0.05) is 6.54 Å². The largest absolute Gasteiger partial charge is 0.481 e. The number of hydrogen-bond acceptors (Lipinski definition) is 2. The van der Waals surface area contributed by atoms with E-state index < -0.39 is 11.9 Å². The van der Waals surface area contributed by atoms with Crippen molar-refractivity contribution >= 4 is 5.97 Å². The van der Waals surface area contributed by atoms with Crippen LogP contribution in [0.15, 0.2) is 24.3 Å². The summed E-state index contributed by atoms with van der Waals surface area (Å²) in [5, 5.41) is 8.87. The first-order valence-corrected chi connectivity index (χ1v) is 4.15. The Balaban J connectivity index is 3.04. The predicted octanol–water partition coefficient (Wildman–Crippen LogP) is 1.12. The third kappa shape index (κ3) is 2.06. The van der Waals surface area contributed by atoms with Crippen LogP contribution in [0.4, 0.5) is 0 Å². The van der Waals surface area contributed by atoms with Gasteiger partial charge in [-0.05, 0) is 18.1 Å². The Morgan fingerprint density at radius 3 is 2.62 bits per heavy atom. The number of rotatable bonds is 3. The van der Waals surface area contributed by atoms with Gasteiger partial charge in [-0.15, -0.1) is 0 Å². The topological polar surface area (TPSA) is 63.3 Å². The maximum atomic E-state index is 10.8. The molecule has 0 aliphatic carbocycles. The number of carbonyl (C=O) groups is 1. The van der Waals surface area contributed by atoms with E-state index in [0.717, 1.165) is 11.1 Å². The Labute approximate surface area is 77.2 Å². The van der Waals surface area contributed by atoms with E-state index in [-0.39, 0.29) is 6.54 Å². The summed E-state index contributed by atoms with van der Waals surface area (Å²) in [4.78, 5) is 10.8. The molecular weight excluding hydrogens is 166 g/mol. The maximum Gasteiger partial charge on any atom is 0.312 e. The molecule has 1 atom stereocenters. The van der Waals surface area contributed by atoms with Crippen molar-refractivity contribution in [2.45, 2.75) is 12.8 Å². The smallest absolute Gasteiger partial charge is 0.312 e. The van der Waals surface area contributed by atoms with E-state index >= 15 is 0 Å². The molecule has 0 bridgehead atoms. The van der Waals surface area contributed by atoms with Crippen molar-refractivity contribution < 1.29 is 9.90 Å². The number of aryl methyl sites for hydroxylation is 1. The first kappa shape index (κ1) is 9.74. The Morgan fingerprint density at radius 1 is 1.54 bits per heavy atom. The number of carboxylic acids is 1. The molecule has 0 aromatic heterocycles. The Morgan fingerprint density at radius 2 is 2.15 bits per heavy atom. The van der Waals surface area contributed by atoms with E-state index in [4.69, 9.17) is 10.8 Å². The van der Waals surface area contributed by atoms with Crippen LogP contribution < -0.4 is 5.73 Å². The normalized spacial score (nSPS) is 12.5. The van der Waals surface area contributed by atoms with Crippen molar-refractivity contribution in [3.63, 3.8) is 0 Å². The highest BCUT2D eigenvalue weighted by Crippen LogP contribution is 2.18. The second-order valence-corrected chi connectivity index (χ2v) is 2.98. The average molecular weight is 179 g/mol. The summed E-state index contributed by atoms with van der Waals surface area (Å²) in [7, 11) is 0. The minimum Gasteiger partial charge on any atom is -0.481 e. The van der Waals surface area contributed by atoms with Crippen molar-refractivity contribution in [2.75, 3.05) is 6.54 Å². The molecular formula is C10H13NO2. The van der Waals surface area contributed by atoms with Crippen molar-refractivity contribution in [3.05, 3.63) is 35.4 Å². The molecule has 1 unspecified atom stereocenters. The van der Waals surface area contributed by atoms with Crippen LogP contribution >= 0.6 is 0 Å². The molecule has 0 fully saturated rings. The van der Waals surface area contributed by atoms with Gasteiger partial charge in [-0.2, -0.15) is 0 Å². The summed E-state index contributed by atoms with van der Waals surface area (Å²) in [5.41, 5.74) is 7.17. The zero-order chi connectivity index (χ0) is 9.84. The van der Waals surface area contributed by atoms with Gasteiger partial charge in [0.1, 0.15) is 0 Å². The van der Waals surface area contributed by atoms with Crippen molar-refractivity contribution in [1.29, 1.82) is 0 Å². The second-order valence-electron chi connectivity index (χ2n) is 2.98. The molecule has 1 aromatic carbocycles. The molecule has 0 amide bonds. The first-order chi connectivity index (χ1) is 6.16. The zero-order valence-electron chi connectivity index (χ0n) is 7.53. The summed E-state index contributed by atoms with van der Waals surface area (Å²) in [6.07, 6.45) is 0. The molecule has 3 N–H and O–H groups in total. The van der Waals surface area contributed by atoms with Crippen LogP contribution in [0, 0.1) is 6.92 Å². The van der Waals surface area contributed by atoms with Gasteiger partial charge in [0.15, 0.2) is 0 Å². The highest BCUT2D eigenvalue weighted by atomic mass is 16.4. The van der Waals surface area contributed by atoms with Crippen LogP contribution in [-0.4, -0.2) is 17.6 Å². The van der Waals surface area contributed by atoms with Crippen LogP contribution in [0.1, 0.15) is 17.0 Å². The van der Waals surface area contributed by atoms with Crippen LogP contribution in [0.2, 0.25) is 0 Å². The number of nitrogens with two attached hydrogens (primary N) is 1. The Kier molecular flexibility index (Phi) is 3.03. The lowest BCUT2D eigenvalue weighted by molar-refractivity contribution is -0.138. The molecule has 3 nitrogen and oxygen atoms in total. The second kappa shape index (κ2) is 4.05. The van der Waals surface area contributed by atoms with Crippen molar-refractivity contribution in [3.8, 4) is 0 Å². The summed E-state index contributed by atoms with van der Waals surface area (Å²) >= 11 is 0. The molecule has 13 heavy (non-hydrogen) atoms. The summed E-state index contributed by atoms with van der Waals surface area (Å²) in [6, 6.07) is 7.41. The van der Waals surface area contributed by atoms with Gasteiger partial charge in [0.2, 0.25) is 0 Å². The van der Waals surface area contributed by atoms with Gasteiger partial charge < -0.3 is 10.8 Å². The quantitative estimate of drug-likeness (QED) is 0.730. The zero-order valence-corrected chi connectivity index (χ0v) is 7.53. The predicted molar refractivity (Wildman–Crippen MR) is 50.6 cm³/mol. The van der Waals surface area contributed by atoms with Gasteiger partial charge >= 0.3 is 5.97 Å². The molecule has 0 heterocycles. The van der Waals surface area contributed by atoms with Gasteiger partial charge in [-0.3, -0.25) is 4.79 Å². The highest BCUT2D eigenvalue weighted by molar-refractivity contribution is 5.76. The van der Waals surface area contributed by atoms with Crippen LogP contribution in [0.3, 0.4) is 0 Å². The monoisotopic (exact) mass is 179 g/mol. The minimum atomic E-state index is -0.864. The van der Waals surface area contributed by atoms with Crippen molar-refractivity contribution in [2.24, 2.45) is 5.73 Å². The standard InChI is InChI=1S/C10H13NO2/c1-7-4-2-3-5-8(7)9(6-11)10(12)13/h2-5,9H,6,11H2,1H3,(H,12,13). The van der Waals surface area contributed by atoms with Gasteiger partial charge in [0.25, 0.3) is 0 Å². The number of aliphatic carboxylic acids is 1. The molecule has 0 saturated heterocycles. The molecule has 0 aliphatic rings. The third-order valence-electron chi connectivity index (χ3n) is 2.10. The third-order valence-corrected chi connectivity index (χ3v) is 2.10. The van der Waals surface area contributed by atoms with Gasteiger partial charge in [0.05, 0.1) is 5.92 Å². The Bertz CT molecular complexity index is 310. The van der Waals surface area contributed by atoms with Gasteiger partial charge in [-0.25, -0.2) is 0 Å². The summed E-state index contributed by atoms with van der Waals surface area (Å²) in [5.74, 6) is -1.45. The molecule has 70 valence electrons. The fourth-order valence-electron chi connectivity index (χ4n) is 1.34. The molecule has 1 rings (SSSR count). The van der Waals surface area contributed by atoms with E-state index in [1.807, 2.05) is 25.1 Å². The number of carboxylic acid groups (broad SMARTS) is 1. The average Bonchev–Trinajstić information content (AvgIpc) is 2.09.